The number of aromatic amines is 1. The van der Waals surface area contributed by atoms with E-state index < -0.39 is 12.0 Å². The van der Waals surface area contributed by atoms with Crippen molar-refractivity contribution in [2.75, 3.05) is 13.1 Å². The fraction of sp³-hybridized carbons (Fsp3) is 0.421. The third-order valence-corrected chi connectivity index (χ3v) is 5.67. The van der Waals surface area contributed by atoms with Gasteiger partial charge in [0, 0.05) is 43.0 Å². The van der Waals surface area contributed by atoms with Gasteiger partial charge in [0.05, 0.1) is 0 Å². The van der Waals surface area contributed by atoms with Crippen LogP contribution in [0.3, 0.4) is 0 Å². The summed E-state index contributed by atoms with van der Waals surface area (Å²) in [7, 11) is 0. The molecule has 1 aromatic carbocycles. The molecule has 28 heavy (non-hydrogen) atoms. The number of amidine groups is 1. The summed E-state index contributed by atoms with van der Waals surface area (Å²) in [6.07, 6.45) is 0.434. The highest BCUT2D eigenvalue weighted by atomic mass is 19.4. The maximum atomic E-state index is 13.1. The summed E-state index contributed by atoms with van der Waals surface area (Å²) in [5, 5.41) is 12.4. The number of hydrogen-bond donors (Lipinski definition) is 1. The van der Waals surface area contributed by atoms with Gasteiger partial charge in [-0.25, -0.2) is 0 Å². The van der Waals surface area contributed by atoms with Crippen LogP contribution in [0.5, 0.6) is 0 Å². The van der Waals surface area contributed by atoms with Crippen LogP contribution in [0, 0.1) is 0 Å². The molecule has 146 valence electrons. The number of nitrogens with one attached hydrogen (secondary N) is 1. The van der Waals surface area contributed by atoms with E-state index in [1.807, 2.05) is 12.1 Å². The maximum absolute atomic E-state index is 13.1. The molecule has 0 radical (unpaired) electrons. The highest BCUT2D eigenvalue weighted by Gasteiger charge is 2.40. The van der Waals surface area contributed by atoms with Crippen LogP contribution in [0.2, 0.25) is 0 Å². The van der Waals surface area contributed by atoms with Gasteiger partial charge in [0.2, 0.25) is 0 Å². The summed E-state index contributed by atoms with van der Waals surface area (Å²) in [6, 6.07) is 8.26. The van der Waals surface area contributed by atoms with Gasteiger partial charge in [-0.1, -0.05) is 18.2 Å². The van der Waals surface area contributed by atoms with Crippen molar-refractivity contribution < 1.29 is 13.2 Å². The Bertz CT molecular complexity index is 1040. The van der Waals surface area contributed by atoms with Crippen LogP contribution in [0.4, 0.5) is 13.2 Å². The van der Waals surface area contributed by atoms with E-state index in [1.54, 1.807) is 0 Å². The molecule has 2 aliphatic rings. The van der Waals surface area contributed by atoms with E-state index >= 15 is 0 Å². The average molecular weight is 388 g/mol. The van der Waals surface area contributed by atoms with Crippen molar-refractivity contribution in [1.82, 2.24) is 24.8 Å². The second kappa shape index (κ2) is 6.35. The Kier molecular flexibility index (Phi) is 3.92. The predicted molar refractivity (Wildman–Crippen MR) is 98.0 cm³/mol. The Morgan fingerprint density at radius 1 is 1.04 bits per heavy atom. The fourth-order valence-electron chi connectivity index (χ4n) is 4.24. The van der Waals surface area contributed by atoms with Crippen LogP contribution in [0.25, 0.3) is 10.9 Å². The quantitative estimate of drug-likeness (QED) is 0.690. The van der Waals surface area contributed by atoms with Crippen molar-refractivity contribution >= 4 is 16.7 Å². The van der Waals surface area contributed by atoms with Crippen LogP contribution in [-0.2, 0) is 12.6 Å². The first-order chi connectivity index (χ1) is 13.5. The molecule has 4 heterocycles. The van der Waals surface area contributed by atoms with Gasteiger partial charge < -0.3 is 9.88 Å². The lowest BCUT2D eigenvalue weighted by Gasteiger charge is -2.35. The zero-order valence-corrected chi connectivity index (χ0v) is 15.1. The number of aromatic nitrogens is 4. The second-order valence-corrected chi connectivity index (χ2v) is 7.32. The SMILES string of the molecule is FC(F)(F)c1nnc2n1N=C(N1CCC(c3c[nH]c4ccccc34)CC1)CC2. The second-order valence-electron chi connectivity index (χ2n) is 7.32. The number of piperidine rings is 1. The summed E-state index contributed by atoms with van der Waals surface area (Å²) in [5.74, 6) is 0.348. The highest BCUT2D eigenvalue weighted by molar-refractivity contribution is 5.84. The number of H-pyrrole nitrogens is 1. The minimum absolute atomic E-state index is 0.268. The molecule has 9 heteroatoms. The molecular weight excluding hydrogens is 369 g/mol. The van der Waals surface area contributed by atoms with Crippen LogP contribution in [0.1, 0.15) is 42.4 Å². The molecule has 1 N–H and O–H groups in total. The van der Waals surface area contributed by atoms with Crippen LogP contribution in [-0.4, -0.2) is 43.7 Å². The number of halogens is 3. The van der Waals surface area contributed by atoms with Gasteiger partial charge in [0.1, 0.15) is 5.84 Å². The molecule has 0 unspecified atom stereocenters. The van der Waals surface area contributed by atoms with Crippen molar-refractivity contribution in [2.24, 2.45) is 5.10 Å². The molecule has 3 aromatic rings. The number of fused-ring (bicyclic) bond motifs is 2. The molecule has 0 bridgehead atoms. The Morgan fingerprint density at radius 2 is 1.82 bits per heavy atom. The van der Waals surface area contributed by atoms with Crippen LogP contribution in [0.15, 0.2) is 35.6 Å². The third-order valence-electron chi connectivity index (χ3n) is 5.67. The lowest BCUT2D eigenvalue weighted by molar-refractivity contribution is -0.147. The number of alkyl halides is 3. The molecule has 0 amide bonds. The smallest absolute Gasteiger partial charge is 0.361 e. The number of aryl methyl sites for hydroxylation is 1. The van der Waals surface area contributed by atoms with Gasteiger partial charge in [-0.05, 0) is 30.4 Å². The lowest BCUT2D eigenvalue weighted by atomic mass is 9.89. The number of nitrogens with zero attached hydrogens (tertiary/aromatic N) is 5. The standard InChI is InChI=1S/C19H19F3N6/c20-19(21,22)18-25-24-16-5-6-17(26-28(16)18)27-9-7-12(8-10-27)14-11-23-15-4-2-1-3-13(14)15/h1-4,11-12,23H,5-10H2. The van der Waals surface area contributed by atoms with E-state index in [4.69, 9.17) is 0 Å². The summed E-state index contributed by atoms with van der Waals surface area (Å²) in [5.41, 5.74) is 2.46. The molecule has 6 nitrogen and oxygen atoms in total. The van der Waals surface area contributed by atoms with Crippen LogP contribution >= 0.6 is 0 Å². The minimum atomic E-state index is -4.56. The predicted octanol–water partition coefficient (Wildman–Crippen LogP) is 3.77. The van der Waals surface area contributed by atoms with E-state index in [0.29, 0.717) is 24.6 Å². The Labute approximate surface area is 159 Å². The maximum Gasteiger partial charge on any atom is 0.453 e. The first-order valence-electron chi connectivity index (χ1n) is 9.41. The van der Waals surface area contributed by atoms with Crippen molar-refractivity contribution in [3.63, 3.8) is 0 Å². The molecule has 0 atom stereocenters. The van der Waals surface area contributed by atoms with Crippen molar-refractivity contribution in [2.45, 2.75) is 37.8 Å². The van der Waals surface area contributed by atoms with Gasteiger partial charge in [0.15, 0.2) is 5.82 Å². The zero-order chi connectivity index (χ0) is 19.3. The molecule has 1 saturated heterocycles. The first kappa shape index (κ1) is 17.3. The topological polar surface area (TPSA) is 62.1 Å². The van der Waals surface area contributed by atoms with Gasteiger partial charge in [0.25, 0.3) is 5.82 Å². The molecule has 2 aromatic heterocycles. The molecule has 0 saturated carbocycles. The van der Waals surface area contributed by atoms with Crippen molar-refractivity contribution in [1.29, 1.82) is 0 Å². The van der Waals surface area contributed by atoms with E-state index in [0.717, 1.165) is 36.1 Å². The number of hydrogen-bond acceptors (Lipinski definition) is 4. The van der Waals surface area contributed by atoms with Crippen molar-refractivity contribution in [3.8, 4) is 0 Å². The molecule has 2 aliphatic heterocycles. The summed E-state index contributed by atoms with van der Waals surface area (Å²) < 4.78 is 40.2. The van der Waals surface area contributed by atoms with Crippen LogP contribution < -0.4 is 0 Å². The van der Waals surface area contributed by atoms with E-state index in [2.05, 4.69) is 43.5 Å². The normalized spacial score (nSPS) is 18.4. The number of rotatable bonds is 1. The monoisotopic (exact) mass is 388 g/mol. The minimum Gasteiger partial charge on any atom is -0.361 e. The van der Waals surface area contributed by atoms with E-state index in [1.165, 1.54) is 10.9 Å². The lowest BCUT2D eigenvalue weighted by Crippen LogP contribution is -2.40. The number of benzene rings is 1. The first-order valence-corrected chi connectivity index (χ1v) is 9.41. The molecular formula is C19H19F3N6. The van der Waals surface area contributed by atoms with Gasteiger partial charge in [-0.3, -0.25) is 0 Å². The molecule has 5 rings (SSSR count). The molecule has 0 aliphatic carbocycles. The van der Waals surface area contributed by atoms with Crippen molar-refractivity contribution in [3.05, 3.63) is 47.7 Å². The van der Waals surface area contributed by atoms with Gasteiger partial charge >= 0.3 is 6.18 Å². The fourth-order valence-corrected chi connectivity index (χ4v) is 4.24. The third kappa shape index (κ3) is 2.85. The van der Waals surface area contributed by atoms with E-state index in [-0.39, 0.29) is 5.82 Å². The summed E-state index contributed by atoms with van der Waals surface area (Å²) >= 11 is 0. The molecule has 1 fully saturated rings. The summed E-state index contributed by atoms with van der Waals surface area (Å²) in [4.78, 5) is 5.43. The Hall–Kier alpha value is -2.84. The Morgan fingerprint density at radius 3 is 2.61 bits per heavy atom. The van der Waals surface area contributed by atoms with E-state index in [9.17, 15) is 13.2 Å². The zero-order valence-electron chi connectivity index (χ0n) is 15.1. The number of likely N-dealkylation sites (tertiary alicyclic amines) is 1. The average Bonchev–Trinajstić information content (AvgIpc) is 3.31. The van der Waals surface area contributed by atoms with Gasteiger partial charge in [-0.15, -0.1) is 10.2 Å². The highest BCUT2D eigenvalue weighted by Crippen LogP contribution is 2.34. The largest absolute Gasteiger partial charge is 0.453 e. The number of para-hydroxylation sites is 1. The Balaban J connectivity index is 1.34. The van der Waals surface area contributed by atoms with Gasteiger partial charge in [-0.2, -0.15) is 22.9 Å². The summed E-state index contributed by atoms with van der Waals surface area (Å²) in [6.45, 7) is 1.56. The molecule has 0 spiro atoms.